The minimum Gasteiger partial charge on any atom is -0.372 e. The Morgan fingerprint density at radius 3 is 2.46 bits per heavy atom. The predicted molar refractivity (Wildman–Crippen MR) is 139 cm³/mol. The molecule has 3 aliphatic rings. The molecule has 9 heteroatoms. The summed E-state index contributed by atoms with van der Waals surface area (Å²) in [5, 5.41) is 3.01. The maximum absolute atomic E-state index is 13.5. The molecule has 3 aromatic rings. The molecule has 192 valence electrons. The van der Waals surface area contributed by atoms with E-state index in [0.29, 0.717) is 29.3 Å². The Bertz CT molecular complexity index is 1300. The number of carbonyl (C=O) groups is 1. The normalized spacial score (nSPS) is 19.1. The summed E-state index contributed by atoms with van der Waals surface area (Å²) in [6.07, 6.45) is 0.0205. The van der Waals surface area contributed by atoms with Gasteiger partial charge < -0.3 is 15.1 Å². The van der Waals surface area contributed by atoms with Crippen molar-refractivity contribution in [2.24, 2.45) is 0 Å². The van der Waals surface area contributed by atoms with Gasteiger partial charge >= 0.3 is 12.2 Å². The molecular formula is C28H28F3N5O. The fourth-order valence-corrected chi connectivity index (χ4v) is 5.58. The van der Waals surface area contributed by atoms with Gasteiger partial charge in [0.15, 0.2) is 5.82 Å². The fraction of sp³-hybridized carbons (Fsp3) is 0.357. The maximum atomic E-state index is 13.5. The van der Waals surface area contributed by atoms with Crippen LogP contribution in [0.4, 0.5) is 40.8 Å². The highest BCUT2D eigenvalue weighted by atomic mass is 19.4. The number of urea groups is 1. The van der Waals surface area contributed by atoms with Gasteiger partial charge in [0.05, 0.1) is 23.0 Å². The second kappa shape index (κ2) is 9.28. The number of halogens is 3. The monoisotopic (exact) mass is 507 g/mol. The third-order valence-electron chi connectivity index (χ3n) is 7.50. The number of pyridine rings is 1. The van der Waals surface area contributed by atoms with Crippen LogP contribution in [0.5, 0.6) is 0 Å². The van der Waals surface area contributed by atoms with Crippen molar-refractivity contribution in [3.63, 3.8) is 0 Å². The van der Waals surface area contributed by atoms with Crippen LogP contribution in [0.3, 0.4) is 0 Å². The SMILES string of the molecule is O=C(Nc1ccc(N2CCCCC2)cc1)N1c2nc(-c3cccc(C(F)(F)F)c3)ccc2N2CC[C@H]1C2. The molecule has 2 fully saturated rings. The van der Waals surface area contributed by atoms with Crippen molar-refractivity contribution >= 4 is 28.9 Å². The molecule has 1 atom stereocenters. The lowest BCUT2D eigenvalue weighted by atomic mass is 10.1. The van der Waals surface area contributed by atoms with Crippen LogP contribution < -0.4 is 20.0 Å². The first-order valence-corrected chi connectivity index (χ1v) is 12.8. The highest BCUT2D eigenvalue weighted by Gasteiger charge is 2.40. The number of rotatable bonds is 3. The first-order chi connectivity index (χ1) is 17.9. The molecule has 0 radical (unpaired) electrons. The summed E-state index contributed by atoms with van der Waals surface area (Å²) in [7, 11) is 0. The summed E-state index contributed by atoms with van der Waals surface area (Å²) in [6, 6.07) is 16.3. The van der Waals surface area contributed by atoms with Crippen molar-refractivity contribution < 1.29 is 18.0 Å². The summed E-state index contributed by atoms with van der Waals surface area (Å²) >= 11 is 0. The average Bonchev–Trinajstić information content (AvgIpc) is 3.33. The van der Waals surface area contributed by atoms with Crippen LogP contribution in [0, 0.1) is 0 Å². The standard InChI is InChI=1S/C28H28F3N5O/c29-28(30,31)20-6-4-5-19(17-20)24-11-12-25-26(33-24)36(23-13-16-35(25)18-23)27(37)32-21-7-9-22(10-8-21)34-14-2-1-3-15-34/h4-12,17,23H,1-3,13-16,18H2,(H,32,37)/t23-/m0/s1. The number of nitrogens with zero attached hydrogens (tertiary/aromatic N) is 4. The lowest BCUT2D eigenvalue weighted by Gasteiger charge is -2.36. The molecule has 2 saturated heterocycles. The van der Waals surface area contributed by atoms with Crippen LogP contribution in [0.1, 0.15) is 31.2 Å². The number of hydrogen-bond donors (Lipinski definition) is 1. The molecule has 1 N–H and O–H groups in total. The summed E-state index contributed by atoms with van der Waals surface area (Å²) in [5.74, 6) is 0.478. The molecule has 2 aromatic carbocycles. The Kier molecular flexibility index (Phi) is 5.93. The van der Waals surface area contributed by atoms with Crippen molar-refractivity contribution in [2.75, 3.05) is 46.2 Å². The quantitative estimate of drug-likeness (QED) is 0.447. The van der Waals surface area contributed by atoms with Crippen LogP contribution >= 0.6 is 0 Å². The summed E-state index contributed by atoms with van der Waals surface area (Å²) < 4.78 is 39.8. The smallest absolute Gasteiger partial charge is 0.372 e. The van der Waals surface area contributed by atoms with Crippen molar-refractivity contribution in [1.29, 1.82) is 0 Å². The Morgan fingerprint density at radius 1 is 0.919 bits per heavy atom. The van der Waals surface area contributed by atoms with Gasteiger partial charge in [-0.1, -0.05) is 12.1 Å². The van der Waals surface area contributed by atoms with E-state index in [2.05, 4.69) is 15.1 Å². The van der Waals surface area contributed by atoms with E-state index < -0.39 is 11.7 Å². The number of amides is 2. The van der Waals surface area contributed by atoms with Crippen LogP contribution in [0.25, 0.3) is 11.3 Å². The van der Waals surface area contributed by atoms with Gasteiger partial charge in [-0.2, -0.15) is 13.2 Å². The Labute approximate surface area is 213 Å². The zero-order valence-electron chi connectivity index (χ0n) is 20.3. The minimum atomic E-state index is -4.44. The van der Waals surface area contributed by atoms with Gasteiger partial charge in [-0.3, -0.25) is 4.90 Å². The molecular weight excluding hydrogens is 479 g/mol. The van der Waals surface area contributed by atoms with E-state index >= 15 is 0 Å². The molecule has 2 bridgehead atoms. The number of benzene rings is 2. The van der Waals surface area contributed by atoms with Gasteiger partial charge in [0.2, 0.25) is 0 Å². The van der Waals surface area contributed by atoms with E-state index in [1.54, 1.807) is 17.0 Å². The Balaban J connectivity index is 1.27. The molecule has 4 heterocycles. The molecule has 6 nitrogen and oxygen atoms in total. The van der Waals surface area contributed by atoms with Gasteiger partial charge in [-0.25, -0.2) is 9.78 Å². The number of carbonyl (C=O) groups excluding carboxylic acids is 1. The second-order valence-electron chi connectivity index (χ2n) is 9.90. The average molecular weight is 508 g/mol. The third-order valence-corrected chi connectivity index (χ3v) is 7.50. The second-order valence-corrected chi connectivity index (χ2v) is 9.90. The topological polar surface area (TPSA) is 51.7 Å². The van der Waals surface area contributed by atoms with Crippen LogP contribution in [-0.2, 0) is 6.18 Å². The molecule has 1 aromatic heterocycles. The minimum absolute atomic E-state index is 0.0515. The van der Waals surface area contributed by atoms with Gasteiger partial charge in [0.1, 0.15) is 0 Å². The van der Waals surface area contributed by atoms with Gasteiger partial charge in [-0.15, -0.1) is 0 Å². The van der Waals surface area contributed by atoms with Gasteiger partial charge in [0, 0.05) is 43.1 Å². The predicted octanol–water partition coefficient (Wildman–Crippen LogP) is 6.39. The lowest BCUT2D eigenvalue weighted by molar-refractivity contribution is -0.137. The van der Waals surface area contributed by atoms with Gasteiger partial charge in [0.25, 0.3) is 0 Å². The van der Waals surface area contributed by atoms with E-state index in [9.17, 15) is 18.0 Å². The lowest BCUT2D eigenvalue weighted by Crippen LogP contribution is -2.48. The molecule has 6 rings (SSSR count). The number of fused-ring (bicyclic) bond motifs is 4. The van der Waals surface area contributed by atoms with Crippen LogP contribution in [-0.4, -0.2) is 43.2 Å². The highest BCUT2D eigenvalue weighted by Crippen LogP contribution is 2.41. The number of aromatic nitrogens is 1. The van der Waals surface area contributed by atoms with E-state index in [1.807, 2.05) is 30.3 Å². The van der Waals surface area contributed by atoms with Crippen molar-refractivity contribution in [3.05, 3.63) is 66.2 Å². The summed E-state index contributed by atoms with van der Waals surface area (Å²) in [6.45, 7) is 3.61. The zero-order chi connectivity index (χ0) is 25.6. The Hall–Kier alpha value is -3.75. The van der Waals surface area contributed by atoms with E-state index in [-0.39, 0.29) is 12.1 Å². The van der Waals surface area contributed by atoms with Crippen LogP contribution in [0.15, 0.2) is 60.7 Å². The number of alkyl halides is 3. The fourth-order valence-electron chi connectivity index (χ4n) is 5.58. The first-order valence-electron chi connectivity index (χ1n) is 12.8. The zero-order valence-corrected chi connectivity index (χ0v) is 20.3. The third kappa shape index (κ3) is 4.58. The van der Waals surface area contributed by atoms with Gasteiger partial charge in [-0.05, 0) is 74.2 Å². The molecule has 37 heavy (non-hydrogen) atoms. The Morgan fingerprint density at radius 2 is 1.70 bits per heavy atom. The van der Waals surface area contributed by atoms with E-state index in [0.717, 1.165) is 49.6 Å². The van der Waals surface area contributed by atoms with E-state index in [1.165, 1.54) is 25.3 Å². The summed E-state index contributed by atoms with van der Waals surface area (Å²) in [5.41, 5.74) is 2.70. The molecule has 2 amide bonds. The molecule has 0 spiro atoms. The molecule has 0 aliphatic carbocycles. The number of nitrogens with one attached hydrogen (secondary N) is 1. The number of piperidine rings is 1. The van der Waals surface area contributed by atoms with E-state index in [4.69, 9.17) is 4.98 Å². The highest BCUT2D eigenvalue weighted by molar-refractivity contribution is 6.04. The molecule has 0 unspecified atom stereocenters. The van der Waals surface area contributed by atoms with Crippen molar-refractivity contribution in [3.8, 4) is 11.3 Å². The largest absolute Gasteiger partial charge is 0.416 e. The molecule has 0 saturated carbocycles. The number of hydrogen-bond acceptors (Lipinski definition) is 4. The number of anilines is 4. The molecule has 3 aliphatic heterocycles. The van der Waals surface area contributed by atoms with Crippen molar-refractivity contribution in [1.82, 2.24) is 4.98 Å². The first kappa shape index (κ1) is 23.6. The summed E-state index contributed by atoms with van der Waals surface area (Å²) in [4.78, 5) is 24.5. The van der Waals surface area contributed by atoms with Crippen LogP contribution in [0.2, 0.25) is 0 Å². The van der Waals surface area contributed by atoms with Crippen molar-refractivity contribution in [2.45, 2.75) is 37.9 Å². The maximum Gasteiger partial charge on any atom is 0.416 e.